The van der Waals surface area contributed by atoms with Gasteiger partial charge in [-0.1, -0.05) is 11.6 Å². The Morgan fingerprint density at radius 3 is 2.74 bits per heavy atom. The molecule has 1 atom stereocenters. The number of rotatable bonds is 2. The maximum atomic E-state index is 14.0. The highest BCUT2D eigenvalue weighted by molar-refractivity contribution is 6.31. The summed E-state index contributed by atoms with van der Waals surface area (Å²) in [4.78, 5) is 27.7. The predicted molar refractivity (Wildman–Crippen MR) is 153 cm³/mol. The van der Waals surface area contributed by atoms with E-state index in [0.29, 0.717) is 41.9 Å². The maximum Gasteiger partial charge on any atom is 0.258 e. The van der Waals surface area contributed by atoms with Crippen LogP contribution in [0, 0.1) is 5.92 Å². The lowest BCUT2D eigenvalue weighted by molar-refractivity contribution is 0.0601. The Bertz CT molecular complexity index is 1360. The molecule has 3 aliphatic rings. The molecule has 0 spiro atoms. The van der Waals surface area contributed by atoms with Crippen LogP contribution >= 0.6 is 11.6 Å². The third-order valence-corrected chi connectivity index (χ3v) is 8.48. The van der Waals surface area contributed by atoms with E-state index >= 15 is 0 Å². The molecule has 11 heteroatoms. The summed E-state index contributed by atoms with van der Waals surface area (Å²) >= 11 is 6.35. The van der Waals surface area contributed by atoms with Crippen molar-refractivity contribution in [3.05, 3.63) is 46.6 Å². The summed E-state index contributed by atoms with van der Waals surface area (Å²) in [7, 11) is 4.18. The SMILES string of the molecule is CN1CCOc2ccc(Cl)cc2C(=O)N2CCCCC2c2cc3nc(N4CC(CN)C4)cc(n3n2)N(C)CC1. The molecule has 3 aromatic rings. The third kappa shape index (κ3) is 5.13. The molecule has 2 N–H and O–H groups in total. The number of hydrogen-bond donors (Lipinski definition) is 1. The Kier molecular flexibility index (Phi) is 7.26. The van der Waals surface area contributed by atoms with Crippen LogP contribution in [0.25, 0.3) is 5.65 Å². The number of halogens is 1. The van der Waals surface area contributed by atoms with Crippen molar-refractivity contribution in [1.29, 1.82) is 0 Å². The molecule has 1 amide bonds. The minimum atomic E-state index is -0.147. The highest BCUT2D eigenvalue weighted by Gasteiger charge is 2.33. The summed E-state index contributed by atoms with van der Waals surface area (Å²) in [6.07, 6.45) is 2.83. The van der Waals surface area contributed by atoms with Crippen LogP contribution in [0.1, 0.15) is 41.4 Å². The van der Waals surface area contributed by atoms with E-state index in [1.807, 2.05) is 9.42 Å². The van der Waals surface area contributed by atoms with Crippen molar-refractivity contribution in [2.45, 2.75) is 25.3 Å². The molecule has 5 heterocycles. The zero-order chi connectivity index (χ0) is 27.1. The van der Waals surface area contributed by atoms with Crippen LogP contribution in [0.5, 0.6) is 5.75 Å². The number of ether oxygens (including phenoxy) is 1. The molecule has 39 heavy (non-hydrogen) atoms. The normalized spacial score (nSPS) is 21.6. The van der Waals surface area contributed by atoms with Crippen LogP contribution in [-0.2, 0) is 0 Å². The van der Waals surface area contributed by atoms with Gasteiger partial charge in [0.1, 0.15) is 24.0 Å². The molecule has 2 fully saturated rings. The van der Waals surface area contributed by atoms with E-state index in [1.54, 1.807) is 18.2 Å². The minimum Gasteiger partial charge on any atom is -0.491 e. The quantitative estimate of drug-likeness (QED) is 0.518. The van der Waals surface area contributed by atoms with Gasteiger partial charge in [-0.25, -0.2) is 4.98 Å². The van der Waals surface area contributed by atoms with Crippen molar-refractivity contribution in [2.24, 2.45) is 11.7 Å². The van der Waals surface area contributed by atoms with Crippen LogP contribution in [0.2, 0.25) is 5.02 Å². The zero-order valence-electron chi connectivity index (χ0n) is 22.7. The van der Waals surface area contributed by atoms with E-state index in [1.165, 1.54) is 0 Å². The van der Waals surface area contributed by atoms with Gasteiger partial charge in [0.25, 0.3) is 5.91 Å². The largest absolute Gasteiger partial charge is 0.491 e. The number of nitrogens with zero attached hydrogens (tertiary/aromatic N) is 7. The Hall–Kier alpha value is -3.08. The molecule has 0 aliphatic carbocycles. The molecule has 6 rings (SSSR count). The number of hydrogen-bond acceptors (Lipinski definition) is 8. The van der Waals surface area contributed by atoms with Crippen LogP contribution in [0.15, 0.2) is 30.3 Å². The van der Waals surface area contributed by atoms with Gasteiger partial charge in [0, 0.05) is 69.4 Å². The van der Waals surface area contributed by atoms with E-state index in [-0.39, 0.29) is 11.9 Å². The number of nitrogens with two attached hydrogens (primary N) is 1. The molecule has 2 bridgehead atoms. The van der Waals surface area contributed by atoms with E-state index in [2.05, 4.69) is 40.9 Å². The summed E-state index contributed by atoms with van der Waals surface area (Å²) < 4.78 is 8.08. The highest BCUT2D eigenvalue weighted by Crippen LogP contribution is 2.36. The number of amides is 1. The average molecular weight is 553 g/mol. The number of anilines is 2. The van der Waals surface area contributed by atoms with Crippen LogP contribution in [0.4, 0.5) is 11.6 Å². The van der Waals surface area contributed by atoms with Crippen molar-refractivity contribution >= 4 is 34.8 Å². The summed E-state index contributed by atoms with van der Waals surface area (Å²) in [6.45, 7) is 6.05. The summed E-state index contributed by atoms with van der Waals surface area (Å²) in [5.41, 5.74) is 8.05. The van der Waals surface area contributed by atoms with E-state index in [0.717, 1.165) is 75.0 Å². The number of aromatic nitrogens is 3. The summed E-state index contributed by atoms with van der Waals surface area (Å²) in [5.74, 6) is 2.93. The van der Waals surface area contributed by atoms with Gasteiger partial charge in [-0.3, -0.25) is 4.79 Å². The Labute approximate surface area is 234 Å². The molecular formula is C28H37ClN8O2. The van der Waals surface area contributed by atoms with Crippen LogP contribution in [-0.4, -0.2) is 96.8 Å². The molecule has 208 valence electrons. The first kappa shape index (κ1) is 26.2. The lowest BCUT2D eigenvalue weighted by Crippen LogP contribution is -2.50. The van der Waals surface area contributed by atoms with Gasteiger partial charge in [-0.05, 0) is 51.1 Å². The zero-order valence-corrected chi connectivity index (χ0v) is 23.5. The lowest BCUT2D eigenvalue weighted by atomic mass is 9.98. The second-order valence-corrected chi connectivity index (χ2v) is 11.5. The third-order valence-electron chi connectivity index (χ3n) is 8.24. The Morgan fingerprint density at radius 1 is 1.08 bits per heavy atom. The number of piperidine rings is 1. The van der Waals surface area contributed by atoms with Gasteiger partial charge < -0.3 is 30.1 Å². The fourth-order valence-corrected chi connectivity index (χ4v) is 5.93. The second-order valence-electron chi connectivity index (χ2n) is 11.0. The smallest absolute Gasteiger partial charge is 0.258 e. The number of carbonyl (C=O) groups is 1. The van der Waals surface area contributed by atoms with Gasteiger partial charge in [0.2, 0.25) is 0 Å². The molecule has 10 nitrogen and oxygen atoms in total. The Morgan fingerprint density at radius 2 is 1.92 bits per heavy atom. The monoisotopic (exact) mass is 552 g/mol. The fourth-order valence-electron chi connectivity index (χ4n) is 5.76. The van der Waals surface area contributed by atoms with E-state index < -0.39 is 0 Å². The van der Waals surface area contributed by atoms with Crippen LogP contribution in [0.3, 0.4) is 0 Å². The lowest BCUT2D eigenvalue weighted by Gasteiger charge is -2.40. The second kappa shape index (κ2) is 10.8. The first-order valence-corrected chi connectivity index (χ1v) is 14.3. The standard InChI is InChI=1S/C28H37ClN8O2/c1-33-9-10-34(2)27-15-25(35-17-19(16-30)18-35)31-26-14-22(32-37(26)27)23-5-3-4-8-36(23)28(38)21-13-20(29)6-7-24(21)39-12-11-33/h6-7,13-15,19,23H,3-5,8-12,16-18,30H2,1-2H3. The first-order chi connectivity index (χ1) is 18.9. The van der Waals surface area contributed by atoms with Gasteiger partial charge in [-0.15, -0.1) is 0 Å². The number of fused-ring (bicyclic) bond motifs is 4. The molecule has 2 saturated heterocycles. The van der Waals surface area contributed by atoms with E-state index in [9.17, 15) is 4.79 Å². The van der Waals surface area contributed by atoms with Gasteiger partial charge in [-0.2, -0.15) is 9.61 Å². The Balaban J connectivity index is 1.44. The first-order valence-electron chi connectivity index (χ1n) is 13.9. The average Bonchev–Trinajstić information content (AvgIpc) is 3.35. The predicted octanol–water partition coefficient (Wildman–Crippen LogP) is 2.91. The van der Waals surface area contributed by atoms with Gasteiger partial charge >= 0.3 is 0 Å². The van der Waals surface area contributed by atoms with Gasteiger partial charge in [0.15, 0.2) is 5.65 Å². The molecule has 1 unspecified atom stereocenters. The molecule has 0 saturated carbocycles. The number of likely N-dealkylation sites (N-methyl/N-ethyl adjacent to an activating group) is 2. The molecule has 3 aliphatic heterocycles. The number of benzene rings is 1. The number of carbonyl (C=O) groups excluding carboxylic acids is 1. The van der Waals surface area contributed by atoms with Crippen molar-refractivity contribution in [3.8, 4) is 5.75 Å². The summed E-state index contributed by atoms with van der Waals surface area (Å²) in [5, 5.41) is 5.59. The van der Waals surface area contributed by atoms with Crippen LogP contribution < -0.4 is 20.3 Å². The molecule has 0 radical (unpaired) electrons. The van der Waals surface area contributed by atoms with Crippen molar-refractivity contribution in [1.82, 2.24) is 24.4 Å². The molecular weight excluding hydrogens is 516 g/mol. The van der Waals surface area contributed by atoms with Gasteiger partial charge in [0.05, 0.1) is 17.3 Å². The highest BCUT2D eigenvalue weighted by atomic mass is 35.5. The molecule has 1 aromatic carbocycles. The maximum absolute atomic E-state index is 14.0. The van der Waals surface area contributed by atoms with E-state index in [4.69, 9.17) is 32.2 Å². The topological polar surface area (TPSA) is 95.5 Å². The van der Waals surface area contributed by atoms with Crippen molar-refractivity contribution in [2.75, 3.05) is 76.3 Å². The fraction of sp³-hybridized carbons (Fsp3) is 0.536. The molecule has 2 aromatic heterocycles. The van der Waals surface area contributed by atoms with Crippen molar-refractivity contribution in [3.63, 3.8) is 0 Å². The summed E-state index contributed by atoms with van der Waals surface area (Å²) in [6, 6.07) is 9.34. The van der Waals surface area contributed by atoms with Crippen molar-refractivity contribution < 1.29 is 9.53 Å². The minimum absolute atomic E-state index is 0.0749.